The highest BCUT2D eigenvalue weighted by Gasteiger charge is 2.27. The van der Waals surface area contributed by atoms with Crippen LogP contribution >= 0.6 is 0 Å². The zero-order chi connectivity index (χ0) is 14.0. The van der Waals surface area contributed by atoms with Crippen LogP contribution in [0.2, 0.25) is 0 Å². The molecule has 1 aromatic rings. The second-order valence-corrected chi connectivity index (χ2v) is 7.07. The number of aryl methyl sites for hydroxylation is 1. The molecule has 1 aliphatic heterocycles. The number of carbonyl (C=O) groups is 1. The molecule has 0 aromatic carbocycles. The van der Waals surface area contributed by atoms with Crippen LogP contribution in [-0.2, 0) is 16.9 Å². The summed E-state index contributed by atoms with van der Waals surface area (Å²) in [4.78, 5) is 23.0. The fourth-order valence-electron chi connectivity index (χ4n) is 2.10. The van der Waals surface area contributed by atoms with E-state index in [2.05, 4.69) is 5.32 Å². The van der Waals surface area contributed by atoms with Crippen molar-refractivity contribution in [3.05, 3.63) is 34.2 Å². The highest BCUT2D eigenvalue weighted by Crippen LogP contribution is 2.17. The van der Waals surface area contributed by atoms with Gasteiger partial charge in [-0.3, -0.25) is 9.59 Å². The molecular weight excluding hydrogens is 268 g/mol. The summed E-state index contributed by atoms with van der Waals surface area (Å²) in [5, 5.41) is 2.71. The lowest BCUT2D eigenvalue weighted by molar-refractivity contribution is 0.0947. The van der Waals surface area contributed by atoms with Crippen LogP contribution < -0.4 is 10.9 Å². The monoisotopic (exact) mass is 284 g/mol. The number of nitrogens with zero attached hydrogens (tertiary/aromatic N) is 1. The third-order valence-corrected chi connectivity index (χ3v) is 5.06. The first-order valence-corrected chi connectivity index (χ1v) is 7.85. The Balaban J connectivity index is 1.95. The molecule has 2 rings (SSSR count). The number of hydrogen-bond donors (Lipinski definition) is 1. The molecule has 1 N–H and O–H groups in total. The number of rotatable bonds is 3. The smallest absolute Gasteiger partial charge is 0.252 e. The summed E-state index contributed by atoms with van der Waals surface area (Å²) in [6.45, 7) is 0.348. The molecule has 1 aromatic heterocycles. The minimum absolute atomic E-state index is 0.0125. The predicted octanol–water partition coefficient (Wildman–Crippen LogP) is -0.450. The molecule has 7 heteroatoms. The van der Waals surface area contributed by atoms with Gasteiger partial charge in [-0.15, -0.1) is 0 Å². The van der Waals surface area contributed by atoms with E-state index in [0.29, 0.717) is 18.5 Å². The Kier molecular flexibility index (Phi) is 3.75. The topological polar surface area (TPSA) is 85.2 Å². The lowest BCUT2D eigenvalue weighted by atomic mass is 10.1. The first kappa shape index (κ1) is 13.8. The fourth-order valence-corrected chi connectivity index (χ4v) is 3.96. The summed E-state index contributed by atoms with van der Waals surface area (Å²) in [6.07, 6.45) is 2.05. The van der Waals surface area contributed by atoms with Gasteiger partial charge >= 0.3 is 0 Å². The van der Waals surface area contributed by atoms with Crippen molar-refractivity contribution in [1.82, 2.24) is 9.88 Å². The van der Waals surface area contributed by atoms with Crippen molar-refractivity contribution in [3.63, 3.8) is 0 Å². The lowest BCUT2D eigenvalue weighted by Gasteiger charge is -2.10. The summed E-state index contributed by atoms with van der Waals surface area (Å²) >= 11 is 0. The lowest BCUT2D eigenvalue weighted by Crippen LogP contribution is -2.30. The molecule has 0 spiro atoms. The number of aromatic nitrogens is 1. The van der Waals surface area contributed by atoms with Gasteiger partial charge in [0.2, 0.25) is 5.56 Å². The van der Waals surface area contributed by atoms with E-state index in [9.17, 15) is 18.0 Å². The van der Waals surface area contributed by atoms with Crippen LogP contribution in [-0.4, -0.2) is 36.9 Å². The molecule has 1 fully saturated rings. The second kappa shape index (κ2) is 5.16. The molecule has 2 heterocycles. The minimum Gasteiger partial charge on any atom is -0.352 e. The van der Waals surface area contributed by atoms with Gasteiger partial charge in [0.25, 0.3) is 5.91 Å². The molecule has 0 bridgehead atoms. The number of sulfone groups is 1. The molecule has 19 heavy (non-hydrogen) atoms. The first-order chi connectivity index (χ1) is 8.87. The number of amides is 1. The van der Waals surface area contributed by atoms with E-state index in [1.807, 2.05) is 0 Å². The third-order valence-electron chi connectivity index (χ3n) is 3.23. The number of pyridine rings is 1. The Hall–Kier alpha value is -1.63. The van der Waals surface area contributed by atoms with E-state index in [1.54, 1.807) is 7.05 Å². The van der Waals surface area contributed by atoms with E-state index < -0.39 is 9.84 Å². The molecule has 1 atom stereocenters. The quantitative estimate of drug-likeness (QED) is 0.814. The van der Waals surface area contributed by atoms with E-state index in [0.717, 1.165) is 0 Å². The Morgan fingerprint density at radius 1 is 1.47 bits per heavy atom. The zero-order valence-electron chi connectivity index (χ0n) is 10.6. The van der Waals surface area contributed by atoms with E-state index in [1.165, 1.54) is 22.9 Å². The number of carbonyl (C=O) groups excluding carboxylic acids is 1. The molecule has 0 radical (unpaired) electrons. The largest absolute Gasteiger partial charge is 0.352 e. The van der Waals surface area contributed by atoms with Crippen LogP contribution in [0.15, 0.2) is 23.1 Å². The van der Waals surface area contributed by atoms with Gasteiger partial charge in [-0.2, -0.15) is 0 Å². The number of hydrogen-bond acceptors (Lipinski definition) is 4. The molecule has 1 aliphatic rings. The standard InChI is InChI=1S/C12H16N2O4S/c1-14-7-10(2-3-11(14)15)12(16)13-6-9-4-5-19(17,18)8-9/h2-3,7,9H,4-6,8H2,1H3,(H,13,16)/t9-/m1/s1. The summed E-state index contributed by atoms with van der Waals surface area (Å²) < 4.78 is 23.9. The maximum absolute atomic E-state index is 11.9. The van der Waals surface area contributed by atoms with Crippen LogP contribution in [0.1, 0.15) is 16.8 Å². The highest BCUT2D eigenvalue weighted by atomic mass is 32.2. The summed E-state index contributed by atoms with van der Waals surface area (Å²) in [5.41, 5.74) is 0.210. The van der Waals surface area contributed by atoms with Crippen molar-refractivity contribution in [2.45, 2.75) is 6.42 Å². The summed E-state index contributed by atoms with van der Waals surface area (Å²) in [7, 11) is -1.34. The maximum atomic E-state index is 11.9. The van der Waals surface area contributed by atoms with Crippen LogP contribution in [0.4, 0.5) is 0 Å². The SMILES string of the molecule is Cn1cc(C(=O)NC[C@H]2CCS(=O)(=O)C2)ccc1=O. The van der Waals surface area contributed by atoms with Crippen molar-refractivity contribution < 1.29 is 13.2 Å². The molecule has 1 amide bonds. The summed E-state index contributed by atoms with van der Waals surface area (Å²) in [6, 6.07) is 2.79. The van der Waals surface area contributed by atoms with Crippen LogP contribution in [0.25, 0.3) is 0 Å². The average Bonchev–Trinajstić information content (AvgIpc) is 2.69. The van der Waals surface area contributed by atoms with Gasteiger partial charge in [-0.1, -0.05) is 0 Å². The Morgan fingerprint density at radius 3 is 2.79 bits per heavy atom. The highest BCUT2D eigenvalue weighted by molar-refractivity contribution is 7.91. The molecule has 0 saturated carbocycles. The Morgan fingerprint density at radius 2 is 2.21 bits per heavy atom. The first-order valence-electron chi connectivity index (χ1n) is 6.03. The van der Waals surface area contributed by atoms with Crippen LogP contribution in [0.3, 0.4) is 0 Å². The molecule has 6 nitrogen and oxygen atoms in total. The third kappa shape index (κ3) is 3.44. The van der Waals surface area contributed by atoms with E-state index >= 15 is 0 Å². The second-order valence-electron chi connectivity index (χ2n) is 4.85. The molecule has 104 valence electrons. The van der Waals surface area contributed by atoms with Crippen molar-refractivity contribution in [1.29, 1.82) is 0 Å². The number of nitrogens with one attached hydrogen (secondary N) is 1. The molecule has 1 saturated heterocycles. The van der Waals surface area contributed by atoms with Gasteiger partial charge < -0.3 is 9.88 Å². The van der Waals surface area contributed by atoms with Crippen LogP contribution in [0, 0.1) is 5.92 Å². The van der Waals surface area contributed by atoms with Gasteiger partial charge in [0, 0.05) is 25.9 Å². The maximum Gasteiger partial charge on any atom is 0.252 e. The van der Waals surface area contributed by atoms with Crippen molar-refractivity contribution in [2.24, 2.45) is 13.0 Å². The normalized spacial score (nSPS) is 21.2. The van der Waals surface area contributed by atoms with E-state index in [4.69, 9.17) is 0 Å². The van der Waals surface area contributed by atoms with Gasteiger partial charge in [0.1, 0.15) is 0 Å². The molecule has 0 aliphatic carbocycles. The van der Waals surface area contributed by atoms with Gasteiger partial charge in [-0.25, -0.2) is 8.42 Å². The van der Waals surface area contributed by atoms with Crippen LogP contribution in [0.5, 0.6) is 0 Å². The fraction of sp³-hybridized carbons (Fsp3) is 0.500. The van der Waals surface area contributed by atoms with Crippen molar-refractivity contribution in [3.8, 4) is 0 Å². The van der Waals surface area contributed by atoms with E-state index in [-0.39, 0.29) is 28.9 Å². The molecular formula is C12H16N2O4S. The van der Waals surface area contributed by atoms with Gasteiger partial charge in [0.15, 0.2) is 9.84 Å². The van der Waals surface area contributed by atoms with Crippen molar-refractivity contribution in [2.75, 3.05) is 18.1 Å². The summed E-state index contributed by atoms with van der Waals surface area (Å²) in [5.74, 6) is 0.0369. The molecule has 0 unspecified atom stereocenters. The zero-order valence-corrected chi connectivity index (χ0v) is 11.4. The average molecular weight is 284 g/mol. The predicted molar refractivity (Wildman–Crippen MR) is 70.8 cm³/mol. The Bertz CT molecular complexity index is 648. The van der Waals surface area contributed by atoms with Crippen molar-refractivity contribution >= 4 is 15.7 Å². The van der Waals surface area contributed by atoms with Gasteiger partial charge in [-0.05, 0) is 18.4 Å². The minimum atomic E-state index is -2.92. The van der Waals surface area contributed by atoms with Gasteiger partial charge in [0.05, 0.1) is 17.1 Å². The Labute approximate surface area is 111 Å².